The number of aliphatic carboxylic acids is 1. The van der Waals surface area contributed by atoms with E-state index in [2.05, 4.69) is 0 Å². The predicted octanol–water partition coefficient (Wildman–Crippen LogP) is 2.77. The van der Waals surface area contributed by atoms with E-state index in [9.17, 15) is 14.7 Å². The molecule has 5 nitrogen and oxygen atoms in total. The quantitative estimate of drug-likeness (QED) is 0.880. The summed E-state index contributed by atoms with van der Waals surface area (Å²) in [6, 6.07) is 18.8. The predicted molar refractivity (Wildman–Crippen MR) is 96.3 cm³/mol. The SMILES string of the molecule is O=C(O)C1CCCN1CC(=O)N(Cc1ccccc1)c1ccccc1. The van der Waals surface area contributed by atoms with E-state index in [1.165, 1.54) is 0 Å². The average Bonchev–Trinajstić information content (AvgIpc) is 3.09. The number of hydrogen-bond acceptors (Lipinski definition) is 3. The molecule has 0 saturated carbocycles. The maximum Gasteiger partial charge on any atom is 0.320 e. The first kappa shape index (κ1) is 17.2. The Morgan fingerprint density at radius 1 is 1.04 bits per heavy atom. The van der Waals surface area contributed by atoms with Gasteiger partial charge in [-0.2, -0.15) is 0 Å². The van der Waals surface area contributed by atoms with Crippen molar-refractivity contribution >= 4 is 17.6 Å². The number of para-hydroxylation sites is 1. The van der Waals surface area contributed by atoms with Gasteiger partial charge in [0.2, 0.25) is 5.91 Å². The molecule has 1 heterocycles. The largest absolute Gasteiger partial charge is 0.480 e. The first-order valence-electron chi connectivity index (χ1n) is 8.51. The number of carbonyl (C=O) groups is 2. The first-order valence-corrected chi connectivity index (χ1v) is 8.51. The lowest BCUT2D eigenvalue weighted by molar-refractivity contribution is -0.142. The Labute approximate surface area is 147 Å². The number of likely N-dealkylation sites (tertiary alicyclic amines) is 1. The van der Waals surface area contributed by atoms with E-state index in [-0.39, 0.29) is 12.5 Å². The van der Waals surface area contributed by atoms with Crippen LogP contribution >= 0.6 is 0 Å². The third-order valence-electron chi connectivity index (χ3n) is 4.54. The first-order chi connectivity index (χ1) is 12.1. The van der Waals surface area contributed by atoms with Crippen LogP contribution in [0.1, 0.15) is 18.4 Å². The van der Waals surface area contributed by atoms with Crippen molar-refractivity contribution in [2.45, 2.75) is 25.4 Å². The van der Waals surface area contributed by atoms with Crippen LogP contribution in [0, 0.1) is 0 Å². The molecule has 1 amide bonds. The monoisotopic (exact) mass is 338 g/mol. The molecule has 25 heavy (non-hydrogen) atoms. The molecular weight excluding hydrogens is 316 g/mol. The zero-order valence-electron chi connectivity index (χ0n) is 14.0. The Kier molecular flexibility index (Phi) is 5.46. The summed E-state index contributed by atoms with van der Waals surface area (Å²) in [5.41, 5.74) is 1.86. The van der Waals surface area contributed by atoms with Crippen LogP contribution in [0.15, 0.2) is 60.7 Å². The van der Waals surface area contributed by atoms with E-state index in [0.717, 1.165) is 17.7 Å². The van der Waals surface area contributed by atoms with E-state index < -0.39 is 12.0 Å². The number of amides is 1. The molecule has 1 aliphatic rings. The maximum absolute atomic E-state index is 13.0. The fourth-order valence-electron chi connectivity index (χ4n) is 3.25. The molecule has 1 fully saturated rings. The number of hydrogen-bond donors (Lipinski definition) is 1. The number of carbonyl (C=O) groups excluding carboxylic acids is 1. The number of rotatable bonds is 6. The minimum Gasteiger partial charge on any atom is -0.480 e. The van der Waals surface area contributed by atoms with Crippen molar-refractivity contribution in [3.63, 3.8) is 0 Å². The van der Waals surface area contributed by atoms with Gasteiger partial charge < -0.3 is 10.0 Å². The van der Waals surface area contributed by atoms with Crippen LogP contribution in [0.4, 0.5) is 5.69 Å². The van der Waals surface area contributed by atoms with Crippen LogP contribution in [-0.2, 0) is 16.1 Å². The summed E-state index contributed by atoms with van der Waals surface area (Å²) >= 11 is 0. The van der Waals surface area contributed by atoms with Crippen molar-refractivity contribution in [2.24, 2.45) is 0 Å². The minimum atomic E-state index is -0.848. The van der Waals surface area contributed by atoms with E-state index in [4.69, 9.17) is 0 Å². The molecule has 0 aliphatic carbocycles. The topological polar surface area (TPSA) is 60.9 Å². The third kappa shape index (κ3) is 4.25. The fraction of sp³-hybridized carbons (Fsp3) is 0.300. The van der Waals surface area contributed by atoms with Gasteiger partial charge in [-0.15, -0.1) is 0 Å². The van der Waals surface area contributed by atoms with Crippen LogP contribution in [0.2, 0.25) is 0 Å². The molecule has 1 N–H and O–H groups in total. The van der Waals surface area contributed by atoms with Crippen molar-refractivity contribution in [2.75, 3.05) is 18.0 Å². The third-order valence-corrected chi connectivity index (χ3v) is 4.54. The minimum absolute atomic E-state index is 0.0804. The van der Waals surface area contributed by atoms with Gasteiger partial charge in [0.1, 0.15) is 6.04 Å². The van der Waals surface area contributed by atoms with Crippen LogP contribution in [0.5, 0.6) is 0 Å². The van der Waals surface area contributed by atoms with Crippen molar-refractivity contribution in [3.8, 4) is 0 Å². The summed E-state index contributed by atoms with van der Waals surface area (Å²) in [5.74, 6) is -0.928. The van der Waals surface area contributed by atoms with Crippen LogP contribution in [0.25, 0.3) is 0 Å². The summed E-state index contributed by atoms with van der Waals surface area (Å²) in [6.45, 7) is 1.24. The normalized spacial score (nSPS) is 17.4. The molecule has 0 spiro atoms. The molecule has 1 unspecified atom stereocenters. The molecule has 0 bridgehead atoms. The molecule has 130 valence electrons. The highest BCUT2D eigenvalue weighted by Crippen LogP contribution is 2.21. The maximum atomic E-state index is 13.0. The van der Waals surface area contributed by atoms with E-state index >= 15 is 0 Å². The van der Waals surface area contributed by atoms with Gasteiger partial charge in [-0.25, -0.2) is 0 Å². The number of carboxylic acid groups (broad SMARTS) is 1. The Hall–Kier alpha value is -2.66. The second-order valence-electron chi connectivity index (χ2n) is 6.27. The average molecular weight is 338 g/mol. The Morgan fingerprint density at radius 2 is 1.68 bits per heavy atom. The molecule has 1 atom stereocenters. The highest BCUT2D eigenvalue weighted by molar-refractivity contribution is 5.95. The lowest BCUT2D eigenvalue weighted by atomic mass is 10.2. The fourth-order valence-corrected chi connectivity index (χ4v) is 3.25. The molecule has 1 aliphatic heterocycles. The zero-order chi connectivity index (χ0) is 17.6. The van der Waals surface area contributed by atoms with Gasteiger partial charge in [0.15, 0.2) is 0 Å². The lowest BCUT2D eigenvalue weighted by Crippen LogP contribution is -2.44. The zero-order valence-corrected chi connectivity index (χ0v) is 14.0. The van der Waals surface area contributed by atoms with Gasteiger partial charge >= 0.3 is 5.97 Å². The van der Waals surface area contributed by atoms with E-state index in [1.54, 1.807) is 9.80 Å². The van der Waals surface area contributed by atoms with Gasteiger partial charge in [0.25, 0.3) is 0 Å². The Morgan fingerprint density at radius 3 is 2.32 bits per heavy atom. The molecule has 2 aromatic rings. The van der Waals surface area contributed by atoms with Crippen LogP contribution in [0.3, 0.4) is 0 Å². The summed E-state index contributed by atoms with van der Waals surface area (Å²) in [7, 11) is 0. The van der Waals surface area contributed by atoms with Crippen molar-refractivity contribution in [3.05, 3.63) is 66.2 Å². The Bertz CT molecular complexity index is 718. The molecule has 0 radical (unpaired) electrons. The Balaban J connectivity index is 1.79. The van der Waals surface area contributed by atoms with Gasteiger partial charge in [-0.05, 0) is 37.1 Å². The van der Waals surface area contributed by atoms with Gasteiger partial charge in [-0.3, -0.25) is 14.5 Å². The van der Waals surface area contributed by atoms with E-state index in [1.807, 2.05) is 60.7 Å². The van der Waals surface area contributed by atoms with Gasteiger partial charge in [-0.1, -0.05) is 48.5 Å². The van der Waals surface area contributed by atoms with Crippen LogP contribution < -0.4 is 4.90 Å². The number of anilines is 1. The van der Waals surface area contributed by atoms with Crippen molar-refractivity contribution < 1.29 is 14.7 Å². The number of nitrogens with zero attached hydrogens (tertiary/aromatic N) is 2. The summed E-state index contributed by atoms with van der Waals surface area (Å²) in [4.78, 5) is 27.8. The lowest BCUT2D eigenvalue weighted by Gasteiger charge is -2.27. The van der Waals surface area contributed by atoms with Crippen molar-refractivity contribution in [1.29, 1.82) is 0 Å². The molecule has 2 aromatic carbocycles. The summed E-state index contributed by atoms with van der Waals surface area (Å²) < 4.78 is 0. The second kappa shape index (κ2) is 7.94. The second-order valence-corrected chi connectivity index (χ2v) is 6.27. The smallest absolute Gasteiger partial charge is 0.320 e. The highest BCUT2D eigenvalue weighted by Gasteiger charge is 2.32. The van der Waals surface area contributed by atoms with Gasteiger partial charge in [0.05, 0.1) is 13.1 Å². The summed E-state index contributed by atoms with van der Waals surface area (Å²) in [5, 5.41) is 9.32. The number of benzene rings is 2. The van der Waals surface area contributed by atoms with Gasteiger partial charge in [0, 0.05) is 5.69 Å². The molecule has 5 heteroatoms. The van der Waals surface area contributed by atoms with E-state index in [0.29, 0.717) is 19.5 Å². The van der Waals surface area contributed by atoms with Crippen LogP contribution in [-0.4, -0.2) is 41.0 Å². The standard InChI is InChI=1S/C20H22N2O3/c23-19(15-21-13-7-12-18(21)20(24)25)22(17-10-5-2-6-11-17)14-16-8-3-1-4-9-16/h1-6,8-11,18H,7,12-15H2,(H,24,25). The molecule has 1 saturated heterocycles. The highest BCUT2D eigenvalue weighted by atomic mass is 16.4. The summed E-state index contributed by atoms with van der Waals surface area (Å²) in [6.07, 6.45) is 1.42. The molecule has 3 rings (SSSR count). The molecule has 0 aromatic heterocycles. The van der Waals surface area contributed by atoms with Crippen molar-refractivity contribution in [1.82, 2.24) is 4.90 Å². The molecular formula is C20H22N2O3. The number of carboxylic acids is 1.